The summed E-state index contributed by atoms with van der Waals surface area (Å²) in [5, 5.41) is 0. The van der Waals surface area contributed by atoms with Crippen molar-refractivity contribution >= 4 is 5.97 Å². The number of benzene rings is 3. The lowest BCUT2D eigenvalue weighted by Gasteiger charge is -2.06. The molecule has 3 aromatic carbocycles. The van der Waals surface area contributed by atoms with Gasteiger partial charge in [-0.1, -0.05) is 48.0 Å². The zero-order valence-corrected chi connectivity index (χ0v) is 12.6. The predicted molar refractivity (Wildman–Crippen MR) is 88.0 cm³/mol. The van der Waals surface area contributed by atoms with Crippen LogP contribution >= 0.6 is 0 Å². The Balaban J connectivity index is 1.75. The van der Waals surface area contributed by atoms with Crippen LogP contribution in [0.1, 0.15) is 15.9 Å². The Labute approximate surface area is 134 Å². The van der Waals surface area contributed by atoms with Crippen molar-refractivity contribution in [3.63, 3.8) is 0 Å². The first-order chi connectivity index (χ1) is 11.1. The molecule has 3 heteroatoms. The van der Waals surface area contributed by atoms with Crippen LogP contribution in [0.15, 0.2) is 72.8 Å². The minimum atomic E-state index is -0.576. The Hall–Kier alpha value is -2.94. The molecule has 0 fully saturated rings. The summed E-state index contributed by atoms with van der Waals surface area (Å²) in [5.74, 6) is -0.614. The number of hydrogen-bond acceptors (Lipinski definition) is 2. The molecule has 3 rings (SSSR count). The van der Waals surface area contributed by atoms with Gasteiger partial charge in [-0.05, 0) is 48.4 Å². The number of carbonyl (C=O) groups is 1. The van der Waals surface area contributed by atoms with Crippen LogP contribution in [-0.2, 0) is 0 Å². The zero-order valence-electron chi connectivity index (χ0n) is 12.6. The summed E-state index contributed by atoms with van der Waals surface area (Å²) in [6, 6.07) is 20.9. The molecular formula is C20H15FO2. The van der Waals surface area contributed by atoms with Crippen LogP contribution < -0.4 is 4.74 Å². The molecule has 0 saturated carbocycles. The van der Waals surface area contributed by atoms with Gasteiger partial charge in [0.05, 0.1) is 5.56 Å². The number of esters is 1. The van der Waals surface area contributed by atoms with Crippen molar-refractivity contribution < 1.29 is 13.9 Å². The highest BCUT2D eigenvalue weighted by Gasteiger charge is 2.09. The summed E-state index contributed by atoms with van der Waals surface area (Å²) >= 11 is 0. The lowest BCUT2D eigenvalue weighted by molar-refractivity contribution is 0.0734. The first kappa shape index (κ1) is 15.0. The monoisotopic (exact) mass is 306 g/mol. The summed E-state index contributed by atoms with van der Waals surface area (Å²) in [7, 11) is 0. The van der Waals surface area contributed by atoms with E-state index in [4.69, 9.17) is 4.74 Å². The highest BCUT2D eigenvalue weighted by Crippen LogP contribution is 2.23. The van der Waals surface area contributed by atoms with Crippen LogP contribution in [0.25, 0.3) is 11.1 Å². The van der Waals surface area contributed by atoms with Crippen LogP contribution in [0, 0.1) is 12.7 Å². The lowest BCUT2D eigenvalue weighted by atomic mass is 10.0. The van der Waals surface area contributed by atoms with E-state index in [1.807, 2.05) is 43.3 Å². The largest absolute Gasteiger partial charge is 0.423 e. The molecule has 0 atom stereocenters. The average Bonchev–Trinajstić information content (AvgIpc) is 2.56. The van der Waals surface area contributed by atoms with Gasteiger partial charge in [0.15, 0.2) is 0 Å². The van der Waals surface area contributed by atoms with Crippen LogP contribution in [-0.4, -0.2) is 5.97 Å². The van der Waals surface area contributed by atoms with Gasteiger partial charge in [-0.25, -0.2) is 9.18 Å². The highest BCUT2D eigenvalue weighted by molar-refractivity contribution is 5.91. The molecule has 0 bridgehead atoms. The number of halogens is 1. The van der Waals surface area contributed by atoms with Gasteiger partial charge >= 0.3 is 5.97 Å². The van der Waals surface area contributed by atoms with Gasteiger partial charge in [-0.2, -0.15) is 0 Å². The van der Waals surface area contributed by atoms with Crippen LogP contribution in [0.4, 0.5) is 4.39 Å². The molecule has 114 valence electrons. The summed E-state index contributed by atoms with van der Waals surface area (Å²) in [6.45, 7) is 2.04. The molecule has 3 aromatic rings. The van der Waals surface area contributed by atoms with Crippen LogP contribution in [0.5, 0.6) is 5.75 Å². The Morgan fingerprint density at radius 2 is 1.48 bits per heavy atom. The van der Waals surface area contributed by atoms with E-state index in [0.717, 1.165) is 17.2 Å². The third-order valence-corrected chi connectivity index (χ3v) is 3.51. The first-order valence-corrected chi connectivity index (χ1v) is 7.27. The van der Waals surface area contributed by atoms with Gasteiger partial charge in [0.1, 0.15) is 11.6 Å². The van der Waals surface area contributed by atoms with Gasteiger partial charge in [0, 0.05) is 0 Å². The maximum absolute atomic E-state index is 13.1. The van der Waals surface area contributed by atoms with Gasteiger partial charge in [0.25, 0.3) is 0 Å². The van der Waals surface area contributed by atoms with E-state index in [-0.39, 0.29) is 5.56 Å². The third-order valence-electron chi connectivity index (χ3n) is 3.51. The van der Waals surface area contributed by atoms with E-state index in [0.29, 0.717) is 5.75 Å². The summed E-state index contributed by atoms with van der Waals surface area (Å²) in [5.41, 5.74) is 3.52. The van der Waals surface area contributed by atoms with Crippen LogP contribution in [0.3, 0.4) is 0 Å². The van der Waals surface area contributed by atoms with Gasteiger partial charge in [-0.3, -0.25) is 0 Å². The molecule has 0 aliphatic carbocycles. The van der Waals surface area contributed by atoms with Crippen molar-refractivity contribution in [2.75, 3.05) is 0 Å². The average molecular weight is 306 g/mol. The minimum Gasteiger partial charge on any atom is -0.423 e. The number of aryl methyl sites for hydroxylation is 1. The van der Waals surface area contributed by atoms with E-state index < -0.39 is 11.8 Å². The molecule has 0 aliphatic rings. The molecular weight excluding hydrogens is 291 g/mol. The number of carbonyl (C=O) groups excluding carboxylic acids is 1. The second kappa shape index (κ2) is 6.44. The fourth-order valence-corrected chi connectivity index (χ4v) is 2.24. The van der Waals surface area contributed by atoms with E-state index in [2.05, 4.69) is 0 Å². The van der Waals surface area contributed by atoms with Gasteiger partial charge in [-0.15, -0.1) is 0 Å². The summed E-state index contributed by atoms with van der Waals surface area (Å²) < 4.78 is 18.4. The van der Waals surface area contributed by atoms with E-state index in [1.54, 1.807) is 12.1 Å². The standard InChI is InChI=1S/C20H15FO2/c1-14-5-7-15(8-6-14)16-9-11-19(12-10-16)23-20(22)17-3-2-4-18(21)13-17/h2-13H,1H3. The molecule has 0 aromatic heterocycles. The van der Waals surface area contributed by atoms with Crippen molar-refractivity contribution in [2.24, 2.45) is 0 Å². The second-order valence-electron chi connectivity index (χ2n) is 5.29. The highest BCUT2D eigenvalue weighted by atomic mass is 19.1. The normalized spacial score (nSPS) is 10.3. The molecule has 0 unspecified atom stereocenters. The Bertz CT molecular complexity index is 821. The summed E-state index contributed by atoms with van der Waals surface area (Å²) in [4.78, 5) is 12.0. The van der Waals surface area contributed by atoms with Crippen molar-refractivity contribution in [3.05, 3.63) is 89.7 Å². The molecule has 0 N–H and O–H groups in total. The van der Waals surface area contributed by atoms with E-state index >= 15 is 0 Å². The molecule has 0 heterocycles. The molecule has 0 radical (unpaired) electrons. The van der Waals surface area contributed by atoms with E-state index in [1.165, 1.54) is 23.8 Å². The smallest absolute Gasteiger partial charge is 0.343 e. The number of rotatable bonds is 3. The van der Waals surface area contributed by atoms with Gasteiger partial charge in [0.2, 0.25) is 0 Å². The number of hydrogen-bond donors (Lipinski definition) is 0. The molecule has 23 heavy (non-hydrogen) atoms. The van der Waals surface area contributed by atoms with E-state index in [9.17, 15) is 9.18 Å². The molecule has 0 amide bonds. The van der Waals surface area contributed by atoms with Crippen molar-refractivity contribution in [1.82, 2.24) is 0 Å². The molecule has 0 spiro atoms. The lowest BCUT2D eigenvalue weighted by Crippen LogP contribution is -2.08. The molecule has 0 aliphatic heterocycles. The maximum atomic E-state index is 13.1. The topological polar surface area (TPSA) is 26.3 Å². The fraction of sp³-hybridized carbons (Fsp3) is 0.0500. The Morgan fingerprint density at radius 3 is 2.09 bits per heavy atom. The predicted octanol–water partition coefficient (Wildman–Crippen LogP) is 5.02. The minimum absolute atomic E-state index is 0.188. The Kier molecular flexibility index (Phi) is 4.20. The number of ether oxygens (including phenoxy) is 1. The van der Waals surface area contributed by atoms with Crippen molar-refractivity contribution in [3.8, 4) is 16.9 Å². The van der Waals surface area contributed by atoms with Crippen molar-refractivity contribution in [2.45, 2.75) is 6.92 Å². The quantitative estimate of drug-likeness (QED) is 0.501. The maximum Gasteiger partial charge on any atom is 0.343 e. The SMILES string of the molecule is Cc1ccc(-c2ccc(OC(=O)c3cccc(F)c3)cc2)cc1. The zero-order chi connectivity index (χ0) is 16.2. The molecule has 2 nitrogen and oxygen atoms in total. The first-order valence-electron chi connectivity index (χ1n) is 7.27. The second-order valence-corrected chi connectivity index (χ2v) is 5.29. The van der Waals surface area contributed by atoms with Gasteiger partial charge < -0.3 is 4.74 Å². The molecule has 0 saturated heterocycles. The summed E-state index contributed by atoms with van der Waals surface area (Å²) in [6.07, 6.45) is 0. The Morgan fingerprint density at radius 1 is 0.870 bits per heavy atom. The third kappa shape index (κ3) is 3.64. The van der Waals surface area contributed by atoms with Crippen LogP contribution in [0.2, 0.25) is 0 Å². The van der Waals surface area contributed by atoms with Crippen molar-refractivity contribution in [1.29, 1.82) is 0 Å². The fourth-order valence-electron chi connectivity index (χ4n) is 2.24.